The Morgan fingerprint density at radius 3 is 2.11 bits per heavy atom. The molecule has 0 fully saturated rings. The number of alkyl halides is 2. The van der Waals surface area contributed by atoms with Gasteiger partial charge in [-0.15, -0.1) is 12.4 Å². The summed E-state index contributed by atoms with van der Waals surface area (Å²) in [6, 6.07) is 1.27. The first-order valence-electron chi connectivity index (χ1n) is 4.94. The highest BCUT2D eigenvalue weighted by Crippen LogP contribution is 2.33. The summed E-state index contributed by atoms with van der Waals surface area (Å²) in [6.45, 7) is 0. The van der Waals surface area contributed by atoms with E-state index in [0.717, 1.165) is 6.07 Å². The molecule has 0 aliphatic rings. The van der Waals surface area contributed by atoms with E-state index in [0.29, 0.717) is 0 Å². The van der Waals surface area contributed by atoms with Gasteiger partial charge in [-0.2, -0.15) is 0 Å². The van der Waals surface area contributed by atoms with Crippen LogP contribution in [0.3, 0.4) is 0 Å². The third kappa shape index (κ3) is 3.96. The van der Waals surface area contributed by atoms with Gasteiger partial charge in [0.05, 0.1) is 14.2 Å². The highest BCUT2D eigenvalue weighted by Gasteiger charge is 2.19. The molecule has 0 aliphatic heterocycles. The lowest BCUT2D eigenvalue weighted by Crippen LogP contribution is -2.15. The summed E-state index contributed by atoms with van der Waals surface area (Å²) < 4.78 is 47.8. The fraction of sp³-hybridized carbons (Fsp3) is 0.455. The molecule has 1 aromatic carbocycles. The first-order valence-corrected chi connectivity index (χ1v) is 4.94. The van der Waals surface area contributed by atoms with Crippen LogP contribution in [0.15, 0.2) is 12.1 Å². The standard InChI is InChI=1S/C11H14F3NO2.ClH/c1-16-9-3-6(8(15)5-11(13)14)7(12)4-10(9)17-2;/h3-4,8,11H,5,15H2,1-2H3;1H/t8-;/m0./s1. The van der Waals surface area contributed by atoms with Gasteiger partial charge in [-0.3, -0.25) is 0 Å². The number of hydrogen-bond acceptors (Lipinski definition) is 3. The minimum absolute atomic E-state index is 0. The fourth-order valence-electron chi connectivity index (χ4n) is 1.47. The molecule has 0 bridgehead atoms. The maximum Gasteiger partial charge on any atom is 0.240 e. The molecule has 18 heavy (non-hydrogen) atoms. The maximum absolute atomic E-state index is 13.6. The lowest BCUT2D eigenvalue weighted by atomic mass is 10.0. The first kappa shape index (κ1) is 16.9. The number of methoxy groups -OCH3 is 2. The molecule has 3 nitrogen and oxygen atoms in total. The average molecular weight is 286 g/mol. The highest BCUT2D eigenvalue weighted by atomic mass is 35.5. The van der Waals surface area contributed by atoms with Crippen molar-refractivity contribution in [1.29, 1.82) is 0 Å². The van der Waals surface area contributed by atoms with E-state index in [2.05, 4.69) is 0 Å². The van der Waals surface area contributed by atoms with E-state index in [-0.39, 0.29) is 29.5 Å². The summed E-state index contributed by atoms with van der Waals surface area (Å²) in [6.07, 6.45) is -3.19. The Morgan fingerprint density at radius 1 is 1.17 bits per heavy atom. The Balaban J connectivity index is 0.00000289. The van der Waals surface area contributed by atoms with Gasteiger partial charge in [-0.1, -0.05) is 0 Å². The van der Waals surface area contributed by atoms with Gasteiger partial charge in [0.1, 0.15) is 5.82 Å². The third-order valence-electron chi connectivity index (χ3n) is 2.33. The van der Waals surface area contributed by atoms with Crippen LogP contribution in [0.4, 0.5) is 13.2 Å². The van der Waals surface area contributed by atoms with Gasteiger partial charge in [-0.25, -0.2) is 13.2 Å². The van der Waals surface area contributed by atoms with Crippen molar-refractivity contribution in [3.8, 4) is 11.5 Å². The van der Waals surface area contributed by atoms with E-state index in [4.69, 9.17) is 15.2 Å². The first-order chi connectivity index (χ1) is 7.99. The van der Waals surface area contributed by atoms with Gasteiger partial charge < -0.3 is 15.2 Å². The summed E-state index contributed by atoms with van der Waals surface area (Å²) in [4.78, 5) is 0. The SMILES string of the molecule is COc1cc(F)c([C@@H](N)CC(F)F)cc1OC.Cl. The van der Waals surface area contributed by atoms with Gasteiger partial charge in [0.15, 0.2) is 11.5 Å². The minimum Gasteiger partial charge on any atom is -0.493 e. The van der Waals surface area contributed by atoms with Crippen LogP contribution in [0.25, 0.3) is 0 Å². The van der Waals surface area contributed by atoms with E-state index in [1.807, 2.05) is 0 Å². The lowest BCUT2D eigenvalue weighted by molar-refractivity contribution is 0.128. The zero-order valence-corrected chi connectivity index (χ0v) is 10.8. The molecule has 0 saturated heterocycles. The number of halogens is 4. The molecule has 0 heterocycles. The Morgan fingerprint density at radius 2 is 1.67 bits per heavy atom. The molecular formula is C11H15ClF3NO2. The van der Waals surface area contributed by atoms with Crippen LogP contribution in [0.1, 0.15) is 18.0 Å². The average Bonchev–Trinajstić information content (AvgIpc) is 2.27. The largest absolute Gasteiger partial charge is 0.493 e. The zero-order valence-electron chi connectivity index (χ0n) is 9.95. The molecule has 0 spiro atoms. The Hall–Kier alpha value is -1.14. The van der Waals surface area contributed by atoms with Crippen LogP contribution >= 0.6 is 12.4 Å². The normalized spacial score (nSPS) is 11.9. The van der Waals surface area contributed by atoms with Gasteiger partial charge in [0.2, 0.25) is 6.43 Å². The van der Waals surface area contributed by atoms with Crippen LogP contribution in [0.5, 0.6) is 11.5 Å². The van der Waals surface area contributed by atoms with Crippen molar-refractivity contribution >= 4 is 12.4 Å². The molecule has 2 N–H and O–H groups in total. The predicted molar refractivity (Wildman–Crippen MR) is 64.3 cm³/mol. The maximum atomic E-state index is 13.6. The van der Waals surface area contributed by atoms with E-state index in [9.17, 15) is 13.2 Å². The van der Waals surface area contributed by atoms with E-state index >= 15 is 0 Å². The quantitative estimate of drug-likeness (QED) is 0.905. The second-order valence-electron chi connectivity index (χ2n) is 3.46. The van der Waals surface area contributed by atoms with Gasteiger partial charge in [0.25, 0.3) is 0 Å². The molecule has 0 amide bonds. The molecular weight excluding hydrogens is 271 g/mol. The smallest absolute Gasteiger partial charge is 0.240 e. The van der Waals surface area contributed by atoms with Crippen molar-refractivity contribution in [1.82, 2.24) is 0 Å². The van der Waals surface area contributed by atoms with Crippen LogP contribution < -0.4 is 15.2 Å². The second kappa shape index (κ2) is 7.33. The highest BCUT2D eigenvalue weighted by molar-refractivity contribution is 5.85. The number of rotatable bonds is 5. The van der Waals surface area contributed by atoms with E-state index < -0.39 is 24.7 Å². The molecule has 1 rings (SSSR count). The van der Waals surface area contributed by atoms with E-state index in [1.165, 1.54) is 20.3 Å². The van der Waals surface area contributed by atoms with Gasteiger partial charge >= 0.3 is 0 Å². The zero-order chi connectivity index (χ0) is 13.0. The number of ether oxygens (including phenoxy) is 2. The molecule has 0 aliphatic carbocycles. The third-order valence-corrected chi connectivity index (χ3v) is 2.33. The monoisotopic (exact) mass is 285 g/mol. The molecule has 0 aromatic heterocycles. The molecule has 104 valence electrons. The van der Waals surface area contributed by atoms with Gasteiger partial charge in [-0.05, 0) is 6.07 Å². The molecule has 0 saturated carbocycles. The van der Waals surface area contributed by atoms with Crippen LogP contribution in [0.2, 0.25) is 0 Å². The molecule has 0 unspecified atom stereocenters. The van der Waals surface area contributed by atoms with Crippen molar-refractivity contribution in [3.63, 3.8) is 0 Å². The summed E-state index contributed by atoms with van der Waals surface area (Å²) >= 11 is 0. The van der Waals surface area contributed by atoms with Crippen molar-refractivity contribution < 1.29 is 22.6 Å². The minimum atomic E-state index is -2.59. The topological polar surface area (TPSA) is 44.5 Å². The van der Waals surface area contributed by atoms with Crippen LogP contribution in [-0.2, 0) is 0 Å². The summed E-state index contributed by atoms with van der Waals surface area (Å²) in [5.41, 5.74) is 5.48. The second-order valence-corrected chi connectivity index (χ2v) is 3.46. The fourth-order valence-corrected chi connectivity index (χ4v) is 1.47. The Labute approximate surface area is 109 Å². The summed E-state index contributed by atoms with van der Waals surface area (Å²) in [5.74, 6) is -0.234. The molecule has 1 aromatic rings. The number of nitrogens with two attached hydrogens (primary N) is 1. The number of hydrogen-bond donors (Lipinski definition) is 1. The van der Waals surface area contributed by atoms with Crippen molar-refractivity contribution in [2.24, 2.45) is 5.73 Å². The van der Waals surface area contributed by atoms with Crippen LogP contribution in [-0.4, -0.2) is 20.6 Å². The van der Waals surface area contributed by atoms with E-state index in [1.54, 1.807) is 0 Å². The van der Waals surface area contributed by atoms with Crippen molar-refractivity contribution in [3.05, 3.63) is 23.5 Å². The Bertz CT molecular complexity index is 391. The molecule has 1 atom stereocenters. The summed E-state index contributed by atoms with van der Waals surface area (Å²) in [7, 11) is 2.73. The summed E-state index contributed by atoms with van der Waals surface area (Å²) in [5, 5.41) is 0. The Kier molecular flexibility index (Phi) is 6.86. The van der Waals surface area contributed by atoms with Crippen LogP contribution in [0, 0.1) is 5.82 Å². The number of benzene rings is 1. The van der Waals surface area contributed by atoms with Gasteiger partial charge in [0, 0.05) is 24.1 Å². The predicted octanol–water partition coefficient (Wildman–Crippen LogP) is 2.92. The van der Waals surface area contributed by atoms with Crippen molar-refractivity contribution in [2.75, 3.05) is 14.2 Å². The van der Waals surface area contributed by atoms with Crippen molar-refractivity contribution in [2.45, 2.75) is 18.9 Å². The molecule has 7 heteroatoms. The lowest BCUT2D eigenvalue weighted by Gasteiger charge is -2.15. The molecule has 0 radical (unpaired) electrons.